The van der Waals surface area contributed by atoms with Gasteiger partial charge in [0.05, 0.1) is 25.7 Å². The smallest absolute Gasteiger partial charge is 0.263 e. The standard InChI is InChI=1S/C28H26N4O4S/c1-35-22-13-12-18(16-23(22)36-2)14-15-29-24(33)17-37-28-30-21-11-7-6-10-20(21)26-31-25(27(34)32(26)28)19-8-4-3-5-9-19/h3-13,16,25H,14-15,17H2,1-2H3,(H,29,33). The number of fused-ring (bicyclic) bond motifs is 3. The monoisotopic (exact) mass is 514 g/mol. The van der Waals surface area contributed by atoms with Crippen molar-refractivity contribution in [1.29, 1.82) is 0 Å². The zero-order chi connectivity index (χ0) is 25.8. The largest absolute Gasteiger partial charge is 0.493 e. The van der Waals surface area contributed by atoms with Gasteiger partial charge in [-0.1, -0.05) is 60.3 Å². The van der Waals surface area contributed by atoms with E-state index in [4.69, 9.17) is 19.5 Å². The number of methoxy groups -OCH3 is 2. The lowest BCUT2D eigenvalue weighted by atomic mass is 10.1. The van der Waals surface area contributed by atoms with Gasteiger partial charge in [0, 0.05) is 12.1 Å². The van der Waals surface area contributed by atoms with Crippen molar-refractivity contribution in [2.24, 2.45) is 9.98 Å². The Hall–Kier alpha value is -4.11. The van der Waals surface area contributed by atoms with E-state index in [-0.39, 0.29) is 17.6 Å². The lowest BCUT2D eigenvalue weighted by Crippen LogP contribution is -2.40. The van der Waals surface area contributed by atoms with Crippen LogP contribution in [0.5, 0.6) is 11.5 Å². The summed E-state index contributed by atoms with van der Waals surface area (Å²) in [5, 5.41) is 3.40. The molecule has 0 aromatic heterocycles. The summed E-state index contributed by atoms with van der Waals surface area (Å²) in [5.74, 6) is 1.70. The molecule has 37 heavy (non-hydrogen) atoms. The summed E-state index contributed by atoms with van der Waals surface area (Å²) in [6.07, 6.45) is 0.644. The molecule has 0 fully saturated rings. The van der Waals surface area contributed by atoms with Gasteiger partial charge in [-0.05, 0) is 41.8 Å². The molecule has 2 aliphatic rings. The van der Waals surface area contributed by atoms with Gasteiger partial charge in [0.15, 0.2) is 22.7 Å². The molecule has 8 nitrogen and oxygen atoms in total. The third kappa shape index (κ3) is 5.08. The molecule has 9 heteroatoms. The average Bonchev–Trinajstić information content (AvgIpc) is 3.29. The van der Waals surface area contributed by atoms with E-state index in [0.29, 0.717) is 35.5 Å². The van der Waals surface area contributed by atoms with Gasteiger partial charge in [-0.25, -0.2) is 14.9 Å². The summed E-state index contributed by atoms with van der Waals surface area (Å²) < 4.78 is 10.6. The predicted molar refractivity (Wildman–Crippen MR) is 145 cm³/mol. The van der Waals surface area contributed by atoms with E-state index in [9.17, 15) is 9.59 Å². The van der Waals surface area contributed by atoms with Gasteiger partial charge in [-0.15, -0.1) is 0 Å². The van der Waals surface area contributed by atoms with Crippen molar-refractivity contribution in [3.05, 3.63) is 89.5 Å². The molecule has 2 heterocycles. The highest BCUT2D eigenvalue weighted by Gasteiger charge is 2.42. The third-order valence-electron chi connectivity index (χ3n) is 6.10. The molecule has 0 saturated carbocycles. The van der Waals surface area contributed by atoms with E-state index in [1.807, 2.05) is 72.8 Å². The summed E-state index contributed by atoms with van der Waals surface area (Å²) in [6, 6.07) is 22.1. The number of rotatable bonds is 8. The van der Waals surface area contributed by atoms with Gasteiger partial charge in [-0.3, -0.25) is 9.59 Å². The van der Waals surface area contributed by atoms with Gasteiger partial charge in [-0.2, -0.15) is 0 Å². The van der Waals surface area contributed by atoms with Gasteiger partial charge in [0.2, 0.25) is 5.91 Å². The number of amidine groups is 2. The van der Waals surface area contributed by atoms with Gasteiger partial charge < -0.3 is 14.8 Å². The van der Waals surface area contributed by atoms with Crippen LogP contribution in [0.25, 0.3) is 0 Å². The molecule has 0 spiro atoms. The van der Waals surface area contributed by atoms with Crippen LogP contribution in [0.2, 0.25) is 0 Å². The molecular formula is C28H26N4O4S. The van der Waals surface area contributed by atoms with Crippen molar-refractivity contribution in [3.63, 3.8) is 0 Å². The van der Waals surface area contributed by atoms with Crippen molar-refractivity contribution in [2.45, 2.75) is 12.5 Å². The molecule has 188 valence electrons. The third-order valence-corrected chi connectivity index (χ3v) is 7.04. The first-order valence-corrected chi connectivity index (χ1v) is 12.8. The molecule has 2 aliphatic heterocycles. The minimum atomic E-state index is -0.636. The van der Waals surface area contributed by atoms with E-state index in [1.165, 1.54) is 11.8 Å². The molecule has 3 aromatic rings. The van der Waals surface area contributed by atoms with Crippen LogP contribution in [0, 0.1) is 0 Å². The SMILES string of the molecule is COc1ccc(CCNC(=O)CSC2=Nc3ccccc3C3=NC(c4ccccc4)C(=O)N23)cc1OC. The first-order chi connectivity index (χ1) is 18.1. The number of ether oxygens (including phenoxy) is 2. The van der Waals surface area contributed by atoms with E-state index < -0.39 is 6.04 Å². The van der Waals surface area contributed by atoms with Crippen LogP contribution < -0.4 is 14.8 Å². The lowest BCUT2D eigenvalue weighted by Gasteiger charge is -2.25. The number of thioether (sulfide) groups is 1. The van der Waals surface area contributed by atoms with E-state index >= 15 is 0 Å². The van der Waals surface area contributed by atoms with Gasteiger partial charge in [0.1, 0.15) is 5.84 Å². The minimum Gasteiger partial charge on any atom is -0.493 e. The number of para-hydroxylation sites is 1. The Morgan fingerprint density at radius 3 is 2.54 bits per heavy atom. The van der Waals surface area contributed by atoms with Gasteiger partial charge in [0.25, 0.3) is 5.91 Å². The molecule has 1 N–H and O–H groups in total. The van der Waals surface area contributed by atoms with Crippen molar-refractivity contribution in [1.82, 2.24) is 10.2 Å². The fourth-order valence-electron chi connectivity index (χ4n) is 4.26. The first-order valence-electron chi connectivity index (χ1n) is 11.8. The lowest BCUT2D eigenvalue weighted by molar-refractivity contribution is -0.124. The maximum absolute atomic E-state index is 13.4. The Morgan fingerprint density at radius 2 is 1.76 bits per heavy atom. The highest BCUT2D eigenvalue weighted by atomic mass is 32.2. The zero-order valence-corrected chi connectivity index (χ0v) is 21.3. The number of hydrogen-bond acceptors (Lipinski definition) is 7. The summed E-state index contributed by atoms with van der Waals surface area (Å²) in [4.78, 5) is 37.1. The minimum absolute atomic E-state index is 0.125. The highest BCUT2D eigenvalue weighted by molar-refractivity contribution is 8.14. The van der Waals surface area contributed by atoms with Crippen LogP contribution >= 0.6 is 11.8 Å². The molecule has 1 atom stereocenters. The fourth-order valence-corrected chi connectivity index (χ4v) is 5.09. The second-order valence-electron chi connectivity index (χ2n) is 8.43. The maximum atomic E-state index is 13.4. The van der Waals surface area contributed by atoms with Crippen molar-refractivity contribution in [2.75, 3.05) is 26.5 Å². The normalized spacial score (nSPS) is 15.9. The molecular weight excluding hydrogens is 488 g/mol. The first kappa shape index (κ1) is 24.6. The van der Waals surface area contributed by atoms with Crippen molar-refractivity contribution in [3.8, 4) is 11.5 Å². The Morgan fingerprint density at radius 1 is 1.00 bits per heavy atom. The molecule has 1 unspecified atom stereocenters. The molecule has 5 rings (SSSR count). The number of aliphatic imine (C=N–C) groups is 2. The van der Waals surface area contributed by atoms with Crippen LogP contribution in [0.4, 0.5) is 5.69 Å². The highest BCUT2D eigenvalue weighted by Crippen LogP contribution is 2.37. The maximum Gasteiger partial charge on any atom is 0.263 e. The second kappa shape index (κ2) is 10.9. The average molecular weight is 515 g/mol. The summed E-state index contributed by atoms with van der Waals surface area (Å²) in [7, 11) is 3.19. The Balaban J connectivity index is 1.25. The second-order valence-corrected chi connectivity index (χ2v) is 9.37. The number of carbonyl (C=O) groups is 2. The number of hydrogen-bond donors (Lipinski definition) is 1. The number of benzene rings is 3. The van der Waals surface area contributed by atoms with Crippen LogP contribution in [0.1, 0.15) is 22.7 Å². The summed E-state index contributed by atoms with van der Waals surface area (Å²) >= 11 is 1.23. The van der Waals surface area contributed by atoms with Crippen LogP contribution in [0.15, 0.2) is 82.8 Å². The molecule has 0 bridgehead atoms. The molecule has 0 radical (unpaired) electrons. The Bertz CT molecular complexity index is 1390. The summed E-state index contributed by atoms with van der Waals surface area (Å²) in [5.41, 5.74) is 3.38. The van der Waals surface area contributed by atoms with E-state index in [2.05, 4.69) is 5.32 Å². The molecule has 2 amide bonds. The van der Waals surface area contributed by atoms with Gasteiger partial charge >= 0.3 is 0 Å². The number of nitrogens with one attached hydrogen (secondary N) is 1. The quantitative estimate of drug-likeness (QED) is 0.488. The number of nitrogens with zero attached hydrogens (tertiary/aromatic N) is 3. The molecule has 3 aromatic carbocycles. The Labute approximate surface area is 219 Å². The van der Waals surface area contributed by atoms with E-state index in [1.54, 1.807) is 19.1 Å². The van der Waals surface area contributed by atoms with Crippen LogP contribution in [0.3, 0.4) is 0 Å². The number of carbonyl (C=O) groups excluding carboxylic acids is 2. The van der Waals surface area contributed by atoms with Crippen molar-refractivity contribution >= 4 is 40.3 Å². The fraction of sp³-hybridized carbons (Fsp3) is 0.214. The van der Waals surface area contributed by atoms with Crippen LogP contribution in [-0.2, 0) is 16.0 Å². The van der Waals surface area contributed by atoms with E-state index in [0.717, 1.165) is 22.4 Å². The Kier molecular flexibility index (Phi) is 7.23. The zero-order valence-electron chi connectivity index (χ0n) is 20.5. The van der Waals surface area contributed by atoms with Crippen LogP contribution in [-0.4, -0.2) is 54.2 Å². The molecule has 0 aliphatic carbocycles. The predicted octanol–water partition coefficient (Wildman–Crippen LogP) is 4.13. The topological polar surface area (TPSA) is 92.6 Å². The van der Waals surface area contributed by atoms with Crippen molar-refractivity contribution < 1.29 is 19.1 Å². The molecule has 0 saturated heterocycles. The number of amides is 2. The summed E-state index contributed by atoms with van der Waals surface area (Å²) in [6.45, 7) is 0.468.